The van der Waals surface area contributed by atoms with Crippen molar-refractivity contribution < 1.29 is 9.90 Å². The SMILES string of the molecule is O=C1CC(NCC2(CO)CC2)CCCN1. The fourth-order valence-corrected chi connectivity index (χ4v) is 2.08. The zero-order chi connectivity index (χ0) is 10.7. The van der Waals surface area contributed by atoms with Crippen LogP contribution < -0.4 is 10.6 Å². The van der Waals surface area contributed by atoms with E-state index in [-0.39, 0.29) is 17.9 Å². The first-order valence-electron chi connectivity index (χ1n) is 5.85. The minimum atomic E-state index is 0.142. The summed E-state index contributed by atoms with van der Waals surface area (Å²) in [7, 11) is 0. The van der Waals surface area contributed by atoms with Crippen molar-refractivity contribution in [3.05, 3.63) is 0 Å². The number of aliphatic hydroxyl groups is 1. The largest absolute Gasteiger partial charge is 0.396 e. The highest BCUT2D eigenvalue weighted by Gasteiger charge is 2.41. The van der Waals surface area contributed by atoms with Crippen LogP contribution in [0.15, 0.2) is 0 Å². The quantitative estimate of drug-likeness (QED) is 0.615. The fraction of sp³-hybridized carbons (Fsp3) is 0.909. The summed E-state index contributed by atoms with van der Waals surface area (Å²) >= 11 is 0. The van der Waals surface area contributed by atoms with E-state index in [1.807, 2.05) is 0 Å². The van der Waals surface area contributed by atoms with Gasteiger partial charge in [0.1, 0.15) is 0 Å². The Labute approximate surface area is 90.4 Å². The van der Waals surface area contributed by atoms with Crippen LogP contribution in [0.2, 0.25) is 0 Å². The van der Waals surface area contributed by atoms with Crippen LogP contribution in [0.5, 0.6) is 0 Å². The summed E-state index contributed by atoms with van der Waals surface area (Å²) in [6, 6.07) is 0.302. The first-order valence-corrected chi connectivity index (χ1v) is 5.85. The third-order valence-electron chi connectivity index (χ3n) is 3.54. The van der Waals surface area contributed by atoms with Gasteiger partial charge in [0.15, 0.2) is 0 Å². The minimum Gasteiger partial charge on any atom is -0.396 e. The van der Waals surface area contributed by atoms with Gasteiger partial charge in [-0.15, -0.1) is 0 Å². The lowest BCUT2D eigenvalue weighted by molar-refractivity contribution is -0.121. The third-order valence-corrected chi connectivity index (χ3v) is 3.54. The molecular formula is C11H20N2O2. The highest BCUT2D eigenvalue weighted by atomic mass is 16.3. The van der Waals surface area contributed by atoms with Crippen molar-refractivity contribution in [1.82, 2.24) is 10.6 Å². The van der Waals surface area contributed by atoms with E-state index in [4.69, 9.17) is 0 Å². The molecule has 0 bridgehead atoms. The molecule has 2 aliphatic rings. The first-order chi connectivity index (χ1) is 7.24. The Morgan fingerprint density at radius 2 is 2.33 bits per heavy atom. The van der Waals surface area contributed by atoms with Gasteiger partial charge in [0.25, 0.3) is 0 Å². The van der Waals surface area contributed by atoms with E-state index in [1.165, 1.54) is 0 Å². The number of carbonyl (C=O) groups excluding carboxylic acids is 1. The Hall–Kier alpha value is -0.610. The summed E-state index contributed by atoms with van der Waals surface area (Å²) in [6.07, 6.45) is 4.93. The molecule has 1 saturated heterocycles. The van der Waals surface area contributed by atoms with Gasteiger partial charge in [-0.3, -0.25) is 4.79 Å². The van der Waals surface area contributed by atoms with Gasteiger partial charge in [0.05, 0.1) is 0 Å². The molecule has 1 amide bonds. The molecule has 0 radical (unpaired) electrons. The van der Waals surface area contributed by atoms with Gasteiger partial charge >= 0.3 is 0 Å². The first kappa shape index (κ1) is 10.9. The molecule has 1 aliphatic carbocycles. The van der Waals surface area contributed by atoms with Gasteiger partial charge in [-0.1, -0.05) is 0 Å². The van der Waals surface area contributed by atoms with E-state index in [9.17, 15) is 9.90 Å². The number of aliphatic hydroxyl groups excluding tert-OH is 1. The normalized spacial score (nSPS) is 29.4. The molecule has 4 nitrogen and oxygen atoms in total. The van der Waals surface area contributed by atoms with Gasteiger partial charge in [-0.25, -0.2) is 0 Å². The van der Waals surface area contributed by atoms with Crippen molar-refractivity contribution in [2.45, 2.75) is 38.1 Å². The van der Waals surface area contributed by atoms with Crippen molar-refractivity contribution in [1.29, 1.82) is 0 Å². The lowest BCUT2D eigenvalue weighted by Gasteiger charge is -2.19. The number of hydrogen-bond acceptors (Lipinski definition) is 3. The van der Waals surface area contributed by atoms with Gasteiger partial charge < -0.3 is 15.7 Å². The molecule has 1 aliphatic heterocycles. The van der Waals surface area contributed by atoms with E-state index < -0.39 is 0 Å². The molecule has 3 N–H and O–H groups in total. The van der Waals surface area contributed by atoms with Crippen LogP contribution in [0.3, 0.4) is 0 Å². The molecule has 1 saturated carbocycles. The average Bonchev–Trinajstić information content (AvgIpc) is 3.01. The van der Waals surface area contributed by atoms with Crippen LogP contribution in [-0.2, 0) is 4.79 Å². The molecule has 2 fully saturated rings. The van der Waals surface area contributed by atoms with Gasteiger partial charge in [-0.05, 0) is 25.7 Å². The second kappa shape index (κ2) is 4.49. The van der Waals surface area contributed by atoms with E-state index in [2.05, 4.69) is 10.6 Å². The predicted molar refractivity (Wildman–Crippen MR) is 57.4 cm³/mol. The number of amides is 1. The Morgan fingerprint density at radius 1 is 1.53 bits per heavy atom. The molecule has 0 aromatic carbocycles. The molecule has 1 unspecified atom stereocenters. The molecule has 0 aromatic heterocycles. The van der Waals surface area contributed by atoms with Gasteiger partial charge in [-0.2, -0.15) is 0 Å². The molecular weight excluding hydrogens is 192 g/mol. The number of carbonyl (C=O) groups is 1. The van der Waals surface area contributed by atoms with Gasteiger partial charge in [0, 0.05) is 37.6 Å². The summed E-state index contributed by atoms with van der Waals surface area (Å²) in [5.74, 6) is 0.152. The predicted octanol–water partition coefficient (Wildman–Crippen LogP) is 0.0172. The van der Waals surface area contributed by atoms with Crippen LogP contribution in [0.4, 0.5) is 0 Å². The lowest BCUT2D eigenvalue weighted by Crippen LogP contribution is -2.37. The maximum absolute atomic E-state index is 11.3. The van der Waals surface area contributed by atoms with Crippen LogP contribution in [0.1, 0.15) is 32.1 Å². The summed E-state index contributed by atoms with van der Waals surface area (Å²) in [6.45, 7) is 1.95. The van der Waals surface area contributed by atoms with Crippen LogP contribution >= 0.6 is 0 Å². The molecule has 4 heteroatoms. The van der Waals surface area contributed by atoms with E-state index in [0.29, 0.717) is 12.5 Å². The van der Waals surface area contributed by atoms with Crippen molar-refractivity contribution in [2.24, 2.45) is 5.41 Å². The monoisotopic (exact) mass is 212 g/mol. The third kappa shape index (κ3) is 2.92. The molecule has 15 heavy (non-hydrogen) atoms. The van der Waals surface area contributed by atoms with Crippen LogP contribution in [-0.4, -0.2) is 36.8 Å². The summed E-state index contributed by atoms with van der Waals surface area (Å²) in [5.41, 5.74) is 0.142. The highest BCUT2D eigenvalue weighted by molar-refractivity contribution is 5.76. The smallest absolute Gasteiger partial charge is 0.221 e. The van der Waals surface area contributed by atoms with Gasteiger partial charge in [0.2, 0.25) is 5.91 Å². The van der Waals surface area contributed by atoms with Crippen molar-refractivity contribution in [3.63, 3.8) is 0 Å². The Kier molecular flexibility index (Phi) is 3.26. The molecule has 0 aromatic rings. The van der Waals surface area contributed by atoms with E-state index >= 15 is 0 Å². The molecule has 0 spiro atoms. The Balaban J connectivity index is 1.75. The maximum atomic E-state index is 11.3. The maximum Gasteiger partial charge on any atom is 0.221 e. The van der Waals surface area contributed by atoms with Crippen molar-refractivity contribution >= 4 is 5.91 Å². The molecule has 1 heterocycles. The zero-order valence-electron chi connectivity index (χ0n) is 9.09. The van der Waals surface area contributed by atoms with E-state index in [0.717, 1.165) is 38.8 Å². The fourth-order valence-electron chi connectivity index (χ4n) is 2.08. The summed E-state index contributed by atoms with van der Waals surface area (Å²) < 4.78 is 0. The Morgan fingerprint density at radius 3 is 3.00 bits per heavy atom. The standard InChI is InChI=1S/C11H20N2O2/c14-8-11(3-4-11)7-13-9-2-1-5-12-10(15)6-9/h9,13-14H,1-8H2,(H,12,15). The summed E-state index contributed by atoms with van der Waals surface area (Å²) in [5, 5.41) is 15.5. The van der Waals surface area contributed by atoms with Crippen molar-refractivity contribution in [3.8, 4) is 0 Å². The Bertz CT molecular complexity index is 239. The number of nitrogens with one attached hydrogen (secondary N) is 2. The molecule has 86 valence electrons. The lowest BCUT2D eigenvalue weighted by atomic mass is 10.1. The molecule has 2 rings (SSSR count). The highest BCUT2D eigenvalue weighted by Crippen LogP contribution is 2.44. The summed E-state index contributed by atoms with van der Waals surface area (Å²) in [4.78, 5) is 11.3. The molecule has 1 atom stereocenters. The zero-order valence-corrected chi connectivity index (χ0v) is 9.09. The second-order valence-electron chi connectivity index (χ2n) is 4.93. The average molecular weight is 212 g/mol. The van der Waals surface area contributed by atoms with E-state index in [1.54, 1.807) is 0 Å². The number of rotatable bonds is 4. The topological polar surface area (TPSA) is 61.4 Å². The van der Waals surface area contributed by atoms with Crippen molar-refractivity contribution in [2.75, 3.05) is 19.7 Å². The van der Waals surface area contributed by atoms with Crippen LogP contribution in [0, 0.1) is 5.41 Å². The second-order valence-corrected chi connectivity index (χ2v) is 4.93. The minimum absolute atomic E-state index is 0.142. The van der Waals surface area contributed by atoms with Crippen LogP contribution in [0.25, 0.3) is 0 Å². The number of hydrogen-bond donors (Lipinski definition) is 3.